The van der Waals surface area contributed by atoms with Crippen LogP contribution in [-0.4, -0.2) is 14.5 Å². The summed E-state index contributed by atoms with van der Waals surface area (Å²) in [6.07, 6.45) is 0. The first-order valence-corrected chi connectivity index (χ1v) is 19.1. The van der Waals surface area contributed by atoms with E-state index in [1.165, 1.54) is 64.0 Å². The smallest absolute Gasteiger partial charge is 0.235 e. The average molecular weight is 706 g/mol. The van der Waals surface area contributed by atoms with Gasteiger partial charge in [0.15, 0.2) is 0 Å². The molecule has 0 bridgehead atoms. The van der Waals surface area contributed by atoms with Crippen molar-refractivity contribution in [3.05, 3.63) is 188 Å². The molecule has 0 atom stereocenters. The van der Waals surface area contributed by atoms with E-state index in [9.17, 15) is 0 Å². The van der Waals surface area contributed by atoms with Crippen LogP contribution >= 0.6 is 11.3 Å². The summed E-state index contributed by atoms with van der Waals surface area (Å²) in [5, 5.41) is 7.41. The minimum atomic E-state index is 0.654. The summed E-state index contributed by atoms with van der Waals surface area (Å²) in [6, 6.07) is 67.1. The summed E-state index contributed by atoms with van der Waals surface area (Å²) in [4.78, 5) is 10.8. The lowest BCUT2D eigenvalue weighted by Crippen LogP contribution is -2.04. The van der Waals surface area contributed by atoms with E-state index in [1.807, 2.05) is 23.5 Å². The standard InChI is InChI=1S/C50H31N3S/c1-5-15-32(16-6-1)36-25-27-44-40(29-36)46-38-23-13-14-24-39(38)47-41-30-37(33-17-7-2-8-18-33)26-28-45(41)54-49(47)48(46)53(44)50-51-42(34-19-9-3-10-20-34)31-43(52-50)35-21-11-4-12-22-35/h1-31H. The normalized spacial score (nSPS) is 11.7. The minimum Gasteiger partial charge on any atom is -0.276 e. The number of thiophene rings is 1. The number of aromatic nitrogens is 3. The van der Waals surface area contributed by atoms with Crippen LogP contribution in [0.5, 0.6) is 0 Å². The molecule has 3 aromatic heterocycles. The molecule has 0 amide bonds. The minimum absolute atomic E-state index is 0.654. The van der Waals surface area contributed by atoms with E-state index in [1.54, 1.807) is 0 Å². The molecule has 54 heavy (non-hydrogen) atoms. The highest BCUT2D eigenvalue weighted by Crippen LogP contribution is 2.49. The highest BCUT2D eigenvalue weighted by molar-refractivity contribution is 7.27. The Morgan fingerprint density at radius 2 is 0.852 bits per heavy atom. The largest absolute Gasteiger partial charge is 0.276 e. The topological polar surface area (TPSA) is 30.7 Å². The molecule has 0 aliphatic rings. The highest BCUT2D eigenvalue weighted by atomic mass is 32.1. The molecule has 0 saturated heterocycles. The van der Waals surface area contributed by atoms with Crippen molar-refractivity contribution in [1.82, 2.24) is 14.5 Å². The van der Waals surface area contributed by atoms with Gasteiger partial charge < -0.3 is 0 Å². The molecule has 11 rings (SSSR count). The van der Waals surface area contributed by atoms with Gasteiger partial charge in [0.25, 0.3) is 0 Å². The molecule has 0 saturated carbocycles. The molecule has 0 N–H and O–H groups in total. The molecule has 0 unspecified atom stereocenters. The second-order valence-corrected chi connectivity index (χ2v) is 14.8. The van der Waals surface area contributed by atoms with Gasteiger partial charge >= 0.3 is 0 Å². The molecule has 0 aliphatic heterocycles. The Bertz CT molecular complexity index is 3130. The van der Waals surface area contributed by atoms with E-state index >= 15 is 0 Å². The Labute approximate surface area is 316 Å². The third kappa shape index (κ3) is 4.88. The predicted octanol–water partition coefficient (Wildman–Crippen LogP) is 13.8. The van der Waals surface area contributed by atoms with Gasteiger partial charge in [-0.3, -0.25) is 4.57 Å². The first kappa shape index (κ1) is 30.7. The number of rotatable bonds is 5. The molecule has 11 aromatic rings. The summed E-state index contributed by atoms with van der Waals surface area (Å²) < 4.78 is 4.82. The van der Waals surface area contributed by atoms with Crippen LogP contribution < -0.4 is 0 Å². The highest BCUT2D eigenvalue weighted by Gasteiger charge is 2.24. The van der Waals surface area contributed by atoms with Crippen LogP contribution in [0.3, 0.4) is 0 Å². The first-order valence-electron chi connectivity index (χ1n) is 18.2. The summed E-state index contributed by atoms with van der Waals surface area (Å²) in [5.74, 6) is 0.654. The van der Waals surface area contributed by atoms with Gasteiger partial charge in [-0.25, -0.2) is 9.97 Å². The lowest BCUT2D eigenvalue weighted by Gasteiger charge is -2.13. The van der Waals surface area contributed by atoms with E-state index < -0.39 is 0 Å². The molecule has 0 radical (unpaired) electrons. The fourth-order valence-corrected chi connectivity index (χ4v) is 9.34. The van der Waals surface area contributed by atoms with E-state index in [2.05, 4.69) is 180 Å². The van der Waals surface area contributed by atoms with Gasteiger partial charge in [-0.15, -0.1) is 11.3 Å². The first-order chi connectivity index (χ1) is 26.8. The van der Waals surface area contributed by atoms with Crippen molar-refractivity contribution >= 4 is 64.1 Å². The SMILES string of the molecule is c1ccc(-c2ccc3sc4c(c3c2)c2ccccc2c2c3cc(-c5ccccc5)ccc3n(-c3nc(-c5ccccc5)cc(-c5ccccc5)n3)c42)cc1. The van der Waals surface area contributed by atoms with Gasteiger partial charge in [0.2, 0.25) is 5.95 Å². The zero-order valence-corrected chi connectivity index (χ0v) is 30.0. The van der Waals surface area contributed by atoms with Crippen molar-refractivity contribution in [2.24, 2.45) is 0 Å². The van der Waals surface area contributed by atoms with E-state index in [0.29, 0.717) is 5.95 Å². The van der Waals surface area contributed by atoms with E-state index in [4.69, 9.17) is 9.97 Å². The van der Waals surface area contributed by atoms with Gasteiger partial charge in [0.05, 0.1) is 27.1 Å². The zero-order chi connectivity index (χ0) is 35.6. The predicted molar refractivity (Wildman–Crippen MR) is 229 cm³/mol. The van der Waals surface area contributed by atoms with Crippen molar-refractivity contribution in [1.29, 1.82) is 0 Å². The maximum Gasteiger partial charge on any atom is 0.235 e. The molecular formula is C50H31N3S. The van der Waals surface area contributed by atoms with Gasteiger partial charge in [0, 0.05) is 37.4 Å². The molecular weight excluding hydrogens is 675 g/mol. The van der Waals surface area contributed by atoms with Crippen molar-refractivity contribution in [3.63, 3.8) is 0 Å². The zero-order valence-electron chi connectivity index (χ0n) is 29.1. The van der Waals surface area contributed by atoms with Crippen LogP contribution in [0.15, 0.2) is 188 Å². The molecule has 8 aromatic carbocycles. The summed E-state index contributed by atoms with van der Waals surface area (Å²) in [5.41, 5.74) is 10.9. The summed E-state index contributed by atoms with van der Waals surface area (Å²) >= 11 is 1.86. The van der Waals surface area contributed by atoms with Crippen LogP contribution in [0.4, 0.5) is 0 Å². The second kappa shape index (κ2) is 12.4. The van der Waals surface area contributed by atoms with Gasteiger partial charge in [-0.1, -0.05) is 158 Å². The Hall–Kier alpha value is -6.88. The van der Waals surface area contributed by atoms with Crippen LogP contribution in [0.2, 0.25) is 0 Å². The molecule has 0 fully saturated rings. The number of benzene rings is 8. The lowest BCUT2D eigenvalue weighted by atomic mass is 9.96. The fourth-order valence-electron chi connectivity index (χ4n) is 8.11. The molecule has 3 heterocycles. The van der Waals surface area contributed by atoms with Gasteiger partial charge in [-0.05, 0) is 63.4 Å². The van der Waals surface area contributed by atoms with Crippen LogP contribution in [0.25, 0.3) is 103 Å². The van der Waals surface area contributed by atoms with Crippen LogP contribution in [-0.2, 0) is 0 Å². The molecule has 4 heteroatoms. The van der Waals surface area contributed by atoms with Gasteiger partial charge in [0.1, 0.15) is 0 Å². The monoisotopic (exact) mass is 705 g/mol. The molecule has 252 valence electrons. The lowest BCUT2D eigenvalue weighted by molar-refractivity contribution is 0.998. The number of hydrogen-bond donors (Lipinski definition) is 0. The van der Waals surface area contributed by atoms with Crippen molar-refractivity contribution in [2.45, 2.75) is 0 Å². The average Bonchev–Trinajstić information content (AvgIpc) is 3.81. The van der Waals surface area contributed by atoms with E-state index in [0.717, 1.165) is 33.5 Å². The molecule has 0 spiro atoms. The second-order valence-electron chi connectivity index (χ2n) is 13.8. The van der Waals surface area contributed by atoms with E-state index in [-0.39, 0.29) is 0 Å². The fraction of sp³-hybridized carbons (Fsp3) is 0. The van der Waals surface area contributed by atoms with Crippen molar-refractivity contribution in [3.8, 4) is 50.7 Å². The number of fused-ring (bicyclic) bond motifs is 10. The van der Waals surface area contributed by atoms with Crippen LogP contribution in [0.1, 0.15) is 0 Å². The number of nitrogens with zero attached hydrogens (tertiary/aromatic N) is 3. The summed E-state index contributed by atoms with van der Waals surface area (Å²) in [7, 11) is 0. The Morgan fingerprint density at radius 1 is 0.370 bits per heavy atom. The quantitative estimate of drug-likeness (QED) is 0.178. The Balaban J connectivity index is 1.32. The third-order valence-corrected chi connectivity index (χ3v) is 11.8. The Morgan fingerprint density at radius 3 is 1.43 bits per heavy atom. The third-order valence-electron chi connectivity index (χ3n) is 10.6. The Kier molecular flexibility index (Phi) is 7.04. The summed E-state index contributed by atoms with van der Waals surface area (Å²) in [6.45, 7) is 0. The maximum atomic E-state index is 5.40. The van der Waals surface area contributed by atoms with Crippen LogP contribution in [0, 0.1) is 0 Å². The van der Waals surface area contributed by atoms with Gasteiger partial charge in [-0.2, -0.15) is 0 Å². The molecule has 3 nitrogen and oxygen atoms in total. The number of hydrogen-bond acceptors (Lipinski definition) is 3. The molecule has 0 aliphatic carbocycles. The maximum absolute atomic E-state index is 5.40. The van der Waals surface area contributed by atoms with Crippen molar-refractivity contribution < 1.29 is 0 Å². The van der Waals surface area contributed by atoms with Crippen molar-refractivity contribution in [2.75, 3.05) is 0 Å².